The van der Waals surface area contributed by atoms with E-state index in [4.69, 9.17) is 11.6 Å². The minimum Gasteiger partial charge on any atom is -0.380 e. The van der Waals surface area contributed by atoms with Crippen LogP contribution in [0, 0.1) is 11.2 Å². The van der Waals surface area contributed by atoms with Crippen molar-refractivity contribution in [3.8, 4) is 0 Å². The molecule has 0 spiro atoms. The number of likely N-dealkylation sites (tertiary alicyclic amines) is 2. The number of alkyl halides is 3. The molecule has 5 heterocycles. The summed E-state index contributed by atoms with van der Waals surface area (Å²) < 4.78 is 116. The Morgan fingerprint density at radius 2 is 1.56 bits per heavy atom. The number of imide groups is 1. The fourth-order valence-corrected chi connectivity index (χ4v) is 16.1. The van der Waals surface area contributed by atoms with Gasteiger partial charge >= 0.3 is 5.51 Å². The molecule has 5 aromatic rings. The van der Waals surface area contributed by atoms with Gasteiger partial charge < -0.3 is 15.1 Å². The lowest BCUT2D eigenvalue weighted by atomic mass is 9.73. The van der Waals surface area contributed by atoms with E-state index < -0.39 is 82.4 Å². The number of sulfone groups is 1. The Morgan fingerprint density at radius 1 is 0.849 bits per heavy atom. The number of thioether (sulfide) groups is 1. The SMILES string of the molecule is CC1(C)CCC(c2ccc(Cl)cc2)=C(CN2CCN(c3ccc(C(=O)NS(=O)(=O)c4ccc(N[C@H](CCN5C[C@H]6C[C@@H]5CN6Cc5cc(F)c6c(c5)CN(C5CCC(=O)NC5=O)C6=O)CSc5ccccc5)c(S(=O)(=O)C(F)(F)F)c4)cc3)CC2)C1. The number of carbonyl (C=O) groups is 4. The summed E-state index contributed by atoms with van der Waals surface area (Å²) in [7, 11) is -11.1. The maximum Gasteiger partial charge on any atom is 0.501 e. The van der Waals surface area contributed by atoms with Crippen molar-refractivity contribution in [2.75, 3.05) is 68.3 Å². The van der Waals surface area contributed by atoms with Crippen LogP contribution >= 0.6 is 23.4 Å². The van der Waals surface area contributed by atoms with Crippen LogP contribution in [0.4, 0.5) is 28.9 Å². The molecule has 0 saturated carbocycles. The summed E-state index contributed by atoms with van der Waals surface area (Å²) in [6.07, 6.45) is 4.46. The van der Waals surface area contributed by atoms with Crippen LogP contribution in [0.1, 0.15) is 96.2 Å². The Kier molecular flexibility index (Phi) is 17.6. The van der Waals surface area contributed by atoms with Crippen LogP contribution in [0.5, 0.6) is 0 Å². The number of nitrogens with one attached hydrogen (secondary N) is 3. The van der Waals surface area contributed by atoms with Gasteiger partial charge in [-0.2, -0.15) is 13.2 Å². The molecule has 11 rings (SSSR count). The molecule has 456 valence electrons. The Balaban J connectivity index is 0.730. The predicted octanol–water partition coefficient (Wildman–Crippen LogP) is 9.36. The Hall–Kier alpha value is -6.34. The van der Waals surface area contributed by atoms with Gasteiger partial charge in [-0.05, 0) is 139 Å². The lowest BCUT2D eigenvalue weighted by Crippen LogP contribution is -2.52. The fourth-order valence-electron chi connectivity index (χ4n) is 13.0. The molecule has 2 bridgehead atoms. The van der Waals surface area contributed by atoms with Crippen LogP contribution in [0.25, 0.3) is 5.57 Å². The third kappa shape index (κ3) is 13.4. The van der Waals surface area contributed by atoms with Crippen molar-refractivity contribution >= 4 is 83.8 Å². The number of piperazine rings is 2. The van der Waals surface area contributed by atoms with Crippen LogP contribution in [0.2, 0.25) is 5.02 Å². The van der Waals surface area contributed by atoms with Crippen LogP contribution in [-0.2, 0) is 42.5 Å². The first kappa shape index (κ1) is 61.3. The number of amides is 4. The lowest BCUT2D eigenvalue weighted by Gasteiger charge is -2.39. The standard InChI is InChI=1S/C62H67ClF4N8O8S3/c1-61(2)22-20-51(40-8-12-44(63)13-9-40)43(32-61)34-71-24-26-72(27-25-71)46-14-10-41(11-15-46)58(77)70-86(82,83)50-16-17-53(55(31-50)85(80,81)62(65,66)67)68-45(38-84-49-6-4-3-5-7-49)21-23-73-36-48-30-47(73)37-74(48)33-39-28-42-35-75(60(79)57(42)52(64)29-39)54-18-19-56(76)69-59(54)78/h3-17,28-29,31,45,47-48,54,68H,18-27,30,32-38H2,1-2H3,(H,70,77)(H,69,76,78)/t45-,47-,48-,54?/m1/s1. The maximum absolute atomic E-state index is 15.6. The number of anilines is 2. The second kappa shape index (κ2) is 24.7. The van der Waals surface area contributed by atoms with Gasteiger partial charge in [0.2, 0.25) is 11.8 Å². The van der Waals surface area contributed by atoms with Crippen molar-refractivity contribution in [2.24, 2.45) is 5.41 Å². The van der Waals surface area contributed by atoms with Gasteiger partial charge in [-0.15, -0.1) is 11.8 Å². The molecule has 1 aliphatic carbocycles. The summed E-state index contributed by atoms with van der Waals surface area (Å²) in [4.78, 5) is 60.3. The molecule has 24 heteroatoms. The van der Waals surface area contributed by atoms with E-state index in [9.17, 15) is 49.2 Å². The molecule has 0 radical (unpaired) electrons. The molecular formula is C62H67ClF4N8O8S3. The number of benzene rings is 5. The summed E-state index contributed by atoms with van der Waals surface area (Å²) >= 11 is 7.62. The normalized spacial score (nSPS) is 21.7. The number of hydrogen-bond acceptors (Lipinski definition) is 14. The number of carbonyl (C=O) groups excluding carboxylic acids is 4. The Bertz CT molecular complexity index is 3700. The highest BCUT2D eigenvalue weighted by molar-refractivity contribution is 7.99. The van der Waals surface area contributed by atoms with Gasteiger partial charge in [0, 0.05) is 117 Å². The number of rotatable bonds is 19. The molecular weight excluding hydrogens is 1190 g/mol. The van der Waals surface area contributed by atoms with E-state index in [1.165, 1.54) is 51.6 Å². The molecule has 4 fully saturated rings. The average Bonchev–Trinajstić information content (AvgIpc) is 1.48. The topological polar surface area (TPSA) is 189 Å². The molecule has 5 aromatic carbocycles. The molecule has 4 amide bonds. The van der Waals surface area contributed by atoms with E-state index in [0.29, 0.717) is 67.9 Å². The maximum atomic E-state index is 15.6. The number of fused-ring (bicyclic) bond motifs is 3. The summed E-state index contributed by atoms with van der Waals surface area (Å²) in [6.45, 7) is 10.6. The van der Waals surface area contributed by atoms with Crippen molar-refractivity contribution in [1.29, 1.82) is 0 Å². The summed E-state index contributed by atoms with van der Waals surface area (Å²) in [5, 5.41) is 6.00. The van der Waals surface area contributed by atoms with Gasteiger partial charge in [0.05, 0.1) is 16.1 Å². The second-order valence-electron chi connectivity index (χ2n) is 24.0. The first-order valence-electron chi connectivity index (χ1n) is 28.8. The van der Waals surface area contributed by atoms with Crippen LogP contribution in [0.3, 0.4) is 0 Å². The fraction of sp³-hybridized carbons (Fsp3) is 0.419. The highest BCUT2D eigenvalue weighted by atomic mass is 35.5. The van der Waals surface area contributed by atoms with Gasteiger partial charge in [0.1, 0.15) is 16.8 Å². The molecule has 4 saturated heterocycles. The number of hydrogen-bond donors (Lipinski definition) is 3. The highest BCUT2D eigenvalue weighted by Crippen LogP contribution is 2.44. The summed E-state index contributed by atoms with van der Waals surface area (Å²) in [5.74, 6) is -3.05. The lowest BCUT2D eigenvalue weighted by molar-refractivity contribution is -0.136. The van der Waals surface area contributed by atoms with Crippen molar-refractivity contribution in [3.05, 3.63) is 153 Å². The predicted molar refractivity (Wildman–Crippen MR) is 321 cm³/mol. The zero-order valence-corrected chi connectivity index (χ0v) is 50.8. The third-order valence-corrected chi connectivity index (χ3v) is 21.8. The molecule has 4 atom stereocenters. The monoisotopic (exact) mass is 1260 g/mol. The van der Waals surface area contributed by atoms with Gasteiger partial charge in [-0.25, -0.2) is 25.9 Å². The van der Waals surface area contributed by atoms with Crippen LogP contribution in [0.15, 0.2) is 129 Å². The number of allylic oxidation sites excluding steroid dienone is 1. The van der Waals surface area contributed by atoms with Gasteiger partial charge in [0.15, 0.2) is 0 Å². The third-order valence-electron chi connectivity index (χ3n) is 17.5. The van der Waals surface area contributed by atoms with E-state index in [0.717, 1.165) is 68.0 Å². The first-order chi connectivity index (χ1) is 40.9. The minimum atomic E-state index is -6.17. The van der Waals surface area contributed by atoms with Crippen molar-refractivity contribution in [3.63, 3.8) is 0 Å². The minimum absolute atomic E-state index is 0.0357. The van der Waals surface area contributed by atoms with E-state index in [1.54, 1.807) is 18.2 Å². The van der Waals surface area contributed by atoms with Crippen molar-refractivity contribution in [2.45, 2.75) is 116 Å². The molecule has 0 aromatic heterocycles. The van der Waals surface area contributed by atoms with Gasteiger partial charge in [-0.1, -0.05) is 67.4 Å². The van der Waals surface area contributed by atoms with E-state index >= 15 is 4.39 Å². The van der Waals surface area contributed by atoms with E-state index in [1.807, 2.05) is 47.2 Å². The number of nitrogens with zero attached hydrogens (tertiary/aromatic N) is 5. The zero-order chi connectivity index (χ0) is 60.9. The smallest absolute Gasteiger partial charge is 0.380 e. The van der Waals surface area contributed by atoms with Crippen LogP contribution < -0.4 is 20.3 Å². The Labute approximate surface area is 507 Å². The Morgan fingerprint density at radius 3 is 2.24 bits per heavy atom. The summed E-state index contributed by atoms with van der Waals surface area (Å²) in [6, 6.07) is 27.8. The second-order valence-corrected chi connectivity index (χ2v) is 29.1. The average molecular weight is 1260 g/mol. The molecule has 1 unspecified atom stereocenters. The van der Waals surface area contributed by atoms with Crippen molar-refractivity contribution in [1.82, 2.24) is 29.6 Å². The molecule has 86 heavy (non-hydrogen) atoms. The number of halogens is 5. The van der Waals surface area contributed by atoms with Crippen molar-refractivity contribution < 1.29 is 53.6 Å². The van der Waals surface area contributed by atoms with Gasteiger partial charge in [0.25, 0.3) is 31.7 Å². The number of piperidine rings is 1. The molecule has 6 aliphatic rings. The largest absolute Gasteiger partial charge is 0.501 e. The zero-order valence-electron chi connectivity index (χ0n) is 47.5. The highest BCUT2D eigenvalue weighted by Gasteiger charge is 2.49. The van der Waals surface area contributed by atoms with E-state index in [-0.39, 0.29) is 53.8 Å². The molecule has 16 nitrogen and oxygen atoms in total. The molecule has 3 N–H and O–H groups in total. The van der Waals surface area contributed by atoms with Crippen LogP contribution in [-0.4, -0.2) is 148 Å². The quantitative estimate of drug-likeness (QED) is 0.0403. The summed E-state index contributed by atoms with van der Waals surface area (Å²) in [5.41, 5.74) is -0.237. The van der Waals surface area contributed by atoms with Gasteiger partial charge in [-0.3, -0.25) is 39.2 Å². The number of sulfonamides is 1. The first-order valence-corrected chi connectivity index (χ1v) is 33.2. The molecule has 5 aliphatic heterocycles. The van der Waals surface area contributed by atoms with E-state index in [2.05, 4.69) is 56.2 Å².